The first-order valence-corrected chi connectivity index (χ1v) is 15.3. The van der Waals surface area contributed by atoms with E-state index in [0.717, 1.165) is 7.14 Å². The summed E-state index contributed by atoms with van der Waals surface area (Å²) in [7, 11) is 1.57. The molecule has 0 saturated heterocycles. The number of anilines is 1. The summed E-state index contributed by atoms with van der Waals surface area (Å²) in [6, 6.07) is 19.4. The molecule has 1 amide bonds. The monoisotopic (exact) mass is 791 g/mol. The van der Waals surface area contributed by atoms with E-state index in [9.17, 15) is 14.4 Å². The molecule has 1 atom stereocenters. The number of amides is 1. The molecule has 208 valence electrons. The van der Waals surface area contributed by atoms with Crippen LogP contribution in [0.15, 0.2) is 87.8 Å². The van der Waals surface area contributed by atoms with Gasteiger partial charge in [0.15, 0.2) is 10.6 Å². The third-order valence-corrected chi connectivity index (χ3v) is 8.68. The van der Waals surface area contributed by atoms with Gasteiger partial charge in [0.05, 0.1) is 32.5 Å². The zero-order valence-electron chi connectivity index (χ0n) is 22.1. The van der Waals surface area contributed by atoms with Crippen LogP contribution in [0, 0.1) is 7.14 Å². The van der Waals surface area contributed by atoms with Crippen LogP contribution >= 0.6 is 56.5 Å². The second-order valence-corrected chi connectivity index (χ2v) is 12.5. The molecule has 1 aromatic heterocycles. The molecule has 0 bridgehead atoms. The third kappa shape index (κ3) is 6.16. The van der Waals surface area contributed by atoms with E-state index in [-0.39, 0.29) is 11.5 Å². The van der Waals surface area contributed by atoms with Crippen LogP contribution in [0.4, 0.5) is 5.69 Å². The van der Waals surface area contributed by atoms with Gasteiger partial charge < -0.3 is 14.8 Å². The lowest BCUT2D eigenvalue weighted by Gasteiger charge is -2.25. The summed E-state index contributed by atoms with van der Waals surface area (Å²) < 4.78 is 14.6. The maximum Gasteiger partial charge on any atom is 0.308 e. The summed E-state index contributed by atoms with van der Waals surface area (Å²) in [6.45, 7) is 3.11. The van der Waals surface area contributed by atoms with Crippen molar-refractivity contribution in [1.82, 2.24) is 4.57 Å². The first-order valence-electron chi connectivity index (χ1n) is 12.4. The minimum atomic E-state index is -0.754. The number of hydrogen-bond acceptors (Lipinski definition) is 7. The normalized spacial score (nSPS) is 14.8. The van der Waals surface area contributed by atoms with Gasteiger partial charge in [0.2, 0.25) is 0 Å². The van der Waals surface area contributed by atoms with Crippen LogP contribution in [-0.4, -0.2) is 23.6 Å². The van der Waals surface area contributed by atoms with Gasteiger partial charge in [-0.2, -0.15) is 0 Å². The Morgan fingerprint density at radius 1 is 1.07 bits per heavy atom. The van der Waals surface area contributed by atoms with E-state index in [0.29, 0.717) is 48.9 Å². The summed E-state index contributed by atoms with van der Waals surface area (Å²) in [4.78, 5) is 44.8. The second-order valence-electron chi connectivity index (χ2n) is 9.08. The van der Waals surface area contributed by atoms with E-state index in [1.807, 2.05) is 54.6 Å². The van der Waals surface area contributed by atoms with Gasteiger partial charge in [0, 0.05) is 21.7 Å². The van der Waals surface area contributed by atoms with Gasteiger partial charge in [-0.3, -0.25) is 19.0 Å². The van der Waals surface area contributed by atoms with Crippen LogP contribution in [0.1, 0.15) is 31.0 Å². The summed E-state index contributed by atoms with van der Waals surface area (Å²) in [5, 5.41) is 2.95. The molecule has 5 rings (SSSR count). The first kappa shape index (κ1) is 29.2. The number of rotatable bonds is 6. The number of aromatic nitrogens is 1. The molecule has 0 unspecified atom stereocenters. The summed E-state index contributed by atoms with van der Waals surface area (Å²) >= 11 is 5.50. The fraction of sp³-hybridized carbons (Fsp3) is 0.133. The number of nitrogens with one attached hydrogen (secondary N) is 1. The van der Waals surface area contributed by atoms with Crippen LogP contribution in [-0.2, 0) is 9.59 Å². The predicted octanol–water partition coefficient (Wildman–Crippen LogP) is 5.02. The number of hydrogen-bond donors (Lipinski definition) is 1. The van der Waals surface area contributed by atoms with Crippen LogP contribution in [0.3, 0.4) is 0 Å². The molecular weight excluding hydrogens is 768 g/mol. The van der Waals surface area contributed by atoms with Gasteiger partial charge in [-0.05, 0) is 100 Å². The Morgan fingerprint density at radius 3 is 2.54 bits per heavy atom. The maximum absolute atomic E-state index is 14.1. The zero-order valence-corrected chi connectivity index (χ0v) is 27.2. The summed E-state index contributed by atoms with van der Waals surface area (Å²) in [5.41, 5.74) is 2.47. The molecule has 0 fully saturated rings. The number of fused-ring (bicyclic) bond motifs is 1. The molecule has 1 N–H and O–H groups in total. The van der Waals surface area contributed by atoms with Crippen LogP contribution in [0.25, 0.3) is 6.08 Å². The quantitative estimate of drug-likeness (QED) is 0.168. The van der Waals surface area contributed by atoms with Gasteiger partial charge in [0.1, 0.15) is 5.75 Å². The van der Waals surface area contributed by atoms with E-state index >= 15 is 0 Å². The van der Waals surface area contributed by atoms with E-state index in [1.165, 1.54) is 18.3 Å². The first-order chi connectivity index (χ1) is 19.7. The Morgan fingerprint density at radius 2 is 1.83 bits per heavy atom. The lowest BCUT2D eigenvalue weighted by molar-refractivity contribution is -0.132. The molecule has 0 spiro atoms. The smallest absolute Gasteiger partial charge is 0.308 e. The molecule has 0 aliphatic carbocycles. The van der Waals surface area contributed by atoms with E-state index < -0.39 is 12.0 Å². The Labute approximate surface area is 266 Å². The molecule has 41 heavy (non-hydrogen) atoms. The van der Waals surface area contributed by atoms with Gasteiger partial charge in [0.25, 0.3) is 11.5 Å². The highest BCUT2D eigenvalue weighted by Crippen LogP contribution is 2.33. The van der Waals surface area contributed by atoms with Crippen molar-refractivity contribution in [2.45, 2.75) is 19.9 Å². The van der Waals surface area contributed by atoms with E-state index in [1.54, 1.807) is 36.8 Å². The van der Waals surface area contributed by atoms with E-state index in [4.69, 9.17) is 14.5 Å². The van der Waals surface area contributed by atoms with Gasteiger partial charge in [-0.1, -0.05) is 41.7 Å². The number of esters is 1. The minimum absolute atomic E-state index is 0.318. The molecule has 3 aromatic carbocycles. The molecule has 8 nitrogen and oxygen atoms in total. The highest BCUT2D eigenvalue weighted by atomic mass is 127. The molecule has 0 radical (unpaired) electrons. The molecule has 4 aromatic rings. The minimum Gasteiger partial charge on any atom is -0.497 e. The number of carbonyl (C=O) groups is 2. The standard InChI is InChI=1S/C30H23I2N3O5S/c1-16-25(28(37)34-21-9-5-4-6-10-21)26(18-8-7-11-22(13-18)39-3)35-29(38)24(41-30(35)33-16)14-19-12-20(31)15-23(32)27(19)40-17(2)36/h4-15,26H,1-3H3,(H,34,37)/b24-14-/t26-/m1/s1. The van der Waals surface area contributed by atoms with Crippen molar-refractivity contribution in [2.75, 3.05) is 12.4 Å². The highest BCUT2D eigenvalue weighted by molar-refractivity contribution is 14.1. The molecule has 1 aliphatic heterocycles. The number of methoxy groups -OCH3 is 1. The number of halogens is 2. The van der Waals surface area contributed by atoms with Gasteiger partial charge in [-0.15, -0.1) is 0 Å². The average molecular weight is 791 g/mol. The number of allylic oxidation sites excluding steroid dienone is 1. The average Bonchev–Trinajstić information content (AvgIpc) is 3.24. The lowest BCUT2D eigenvalue weighted by atomic mass is 9.95. The molecule has 0 saturated carbocycles. The van der Waals surface area contributed by atoms with E-state index in [2.05, 4.69) is 50.5 Å². The van der Waals surface area contributed by atoms with Crippen molar-refractivity contribution in [3.05, 3.63) is 116 Å². The number of carbonyl (C=O) groups excluding carboxylic acids is 2. The second kappa shape index (κ2) is 12.3. The van der Waals surface area contributed by atoms with Crippen molar-refractivity contribution in [3.8, 4) is 11.5 Å². The Bertz CT molecular complexity index is 1900. The largest absolute Gasteiger partial charge is 0.497 e. The molecule has 11 heteroatoms. The Kier molecular flexibility index (Phi) is 8.75. The van der Waals surface area contributed by atoms with Gasteiger partial charge in [-0.25, -0.2) is 4.99 Å². The Hall–Kier alpha value is -3.30. The number of benzene rings is 3. The summed E-state index contributed by atoms with van der Waals surface area (Å²) in [5.74, 6) is 0.168. The van der Waals surface area contributed by atoms with Crippen molar-refractivity contribution < 1.29 is 19.1 Å². The van der Waals surface area contributed by atoms with Crippen LogP contribution in [0.5, 0.6) is 11.5 Å². The number of para-hydroxylation sites is 1. The van der Waals surface area contributed by atoms with Crippen LogP contribution in [0.2, 0.25) is 0 Å². The van der Waals surface area contributed by atoms with Crippen LogP contribution < -0.4 is 29.7 Å². The van der Waals surface area contributed by atoms with Crippen molar-refractivity contribution in [1.29, 1.82) is 0 Å². The molecule has 2 heterocycles. The SMILES string of the molecule is COc1cccc([C@@H]2C(C(=O)Nc3ccccc3)=C(C)N=c3s/c(=C\c4cc(I)cc(I)c4OC(C)=O)c(=O)n32)c1. The lowest BCUT2D eigenvalue weighted by Crippen LogP contribution is -2.40. The van der Waals surface area contributed by atoms with Crippen molar-refractivity contribution in [2.24, 2.45) is 4.99 Å². The fourth-order valence-electron chi connectivity index (χ4n) is 4.54. The number of nitrogens with zero attached hydrogens (tertiary/aromatic N) is 2. The molecule has 1 aliphatic rings. The predicted molar refractivity (Wildman–Crippen MR) is 175 cm³/mol. The fourth-order valence-corrected chi connectivity index (χ4v) is 7.58. The number of ether oxygens (including phenoxy) is 2. The van der Waals surface area contributed by atoms with Crippen molar-refractivity contribution >= 4 is 80.2 Å². The Balaban J connectivity index is 1.71. The van der Waals surface area contributed by atoms with Gasteiger partial charge >= 0.3 is 5.97 Å². The topological polar surface area (TPSA) is 99.0 Å². The maximum atomic E-state index is 14.1. The highest BCUT2D eigenvalue weighted by Gasteiger charge is 2.33. The zero-order chi connectivity index (χ0) is 29.3. The third-order valence-electron chi connectivity index (χ3n) is 6.28. The summed E-state index contributed by atoms with van der Waals surface area (Å²) in [6.07, 6.45) is 1.71. The molecular formula is C30H23I2N3O5S. The number of thiazole rings is 1. The van der Waals surface area contributed by atoms with Crippen molar-refractivity contribution in [3.63, 3.8) is 0 Å².